The van der Waals surface area contributed by atoms with E-state index in [1.165, 1.54) is 24.4 Å². The maximum atomic E-state index is 13.8. The molecule has 6 aromatic rings. The number of hydrogen-bond acceptors (Lipinski definition) is 18. The average Bonchev–Trinajstić information content (AvgIpc) is 4.10. The summed E-state index contributed by atoms with van der Waals surface area (Å²) in [6.07, 6.45) is 2.77. The van der Waals surface area contributed by atoms with Crippen LogP contribution in [0.2, 0.25) is 0 Å². The number of amides is 2. The van der Waals surface area contributed by atoms with Gasteiger partial charge in [-0.15, -0.1) is 20.4 Å². The Morgan fingerprint density at radius 1 is 0.806 bits per heavy atom. The minimum atomic E-state index is -3.07. The van der Waals surface area contributed by atoms with E-state index in [1.807, 2.05) is 61.2 Å². The number of ether oxygens (including phenoxy) is 4. The van der Waals surface area contributed by atoms with Crippen molar-refractivity contribution in [3.05, 3.63) is 102 Å². The van der Waals surface area contributed by atoms with E-state index in [-0.39, 0.29) is 58.3 Å². The third kappa shape index (κ3) is 10.7. The van der Waals surface area contributed by atoms with Crippen LogP contribution in [0.3, 0.4) is 0 Å². The zero-order valence-electron chi connectivity index (χ0n) is 33.3. The maximum absolute atomic E-state index is 13.8. The lowest BCUT2D eigenvalue weighted by Gasteiger charge is -2.22. The Hall–Kier alpha value is -6.52. The summed E-state index contributed by atoms with van der Waals surface area (Å²) in [6, 6.07) is 20.7. The van der Waals surface area contributed by atoms with Crippen molar-refractivity contribution in [1.29, 1.82) is 0 Å². The fourth-order valence-electron chi connectivity index (χ4n) is 7.03. The minimum absolute atomic E-state index is 0.00642. The molecule has 5 atom stereocenters. The lowest BCUT2D eigenvalue weighted by atomic mass is 10.0. The average molecular weight is 887 g/mol. The van der Waals surface area contributed by atoms with Gasteiger partial charge in [-0.05, 0) is 78.0 Å². The van der Waals surface area contributed by atoms with E-state index in [2.05, 4.69) is 61.1 Å². The molecule has 6 heterocycles. The molecule has 2 aliphatic heterocycles. The van der Waals surface area contributed by atoms with Gasteiger partial charge < -0.3 is 28.7 Å². The second-order valence-electron chi connectivity index (χ2n) is 14.5. The highest BCUT2D eigenvalue weighted by Gasteiger charge is 2.33. The number of rotatable bonds is 17. The molecule has 0 saturated carbocycles. The Balaban J connectivity index is 0.889. The number of benzene rings is 2. The van der Waals surface area contributed by atoms with Gasteiger partial charge in [0.1, 0.15) is 18.0 Å². The van der Waals surface area contributed by atoms with Crippen LogP contribution in [0.4, 0.5) is 30.7 Å². The number of carbonyl (C=O) groups is 2. The lowest BCUT2D eigenvalue weighted by molar-refractivity contribution is -0.128. The third-order valence-electron chi connectivity index (χ3n) is 10.1. The third-order valence-corrected chi connectivity index (χ3v) is 11.6. The van der Waals surface area contributed by atoms with E-state index in [4.69, 9.17) is 14.2 Å². The van der Waals surface area contributed by atoms with Gasteiger partial charge in [-0.3, -0.25) is 20.2 Å². The summed E-state index contributed by atoms with van der Waals surface area (Å²) in [5, 5.41) is 39.7. The van der Waals surface area contributed by atoms with Crippen LogP contribution in [-0.2, 0) is 20.9 Å². The number of anilines is 4. The molecule has 2 aromatic carbocycles. The minimum Gasteiger partial charge on any atom is -0.464 e. The van der Waals surface area contributed by atoms with Crippen LogP contribution in [0.25, 0.3) is 0 Å². The lowest BCUT2D eigenvalue weighted by Crippen LogP contribution is -2.29. The summed E-state index contributed by atoms with van der Waals surface area (Å²) in [5.74, 6) is -0.0395. The molecule has 2 aliphatic rings. The van der Waals surface area contributed by atoms with Crippen LogP contribution in [0.15, 0.2) is 85.2 Å². The van der Waals surface area contributed by atoms with Gasteiger partial charge in [0.2, 0.25) is 16.2 Å². The fourth-order valence-corrected chi connectivity index (χ4v) is 8.36. The number of hydrogen-bond donors (Lipinski definition) is 2. The van der Waals surface area contributed by atoms with E-state index < -0.39 is 18.6 Å². The molecule has 2 saturated heterocycles. The van der Waals surface area contributed by atoms with Crippen molar-refractivity contribution in [2.75, 3.05) is 40.1 Å². The van der Waals surface area contributed by atoms with E-state index in [0.717, 1.165) is 47.0 Å². The molecule has 2 amide bonds. The molecule has 0 aliphatic carbocycles. The van der Waals surface area contributed by atoms with Crippen molar-refractivity contribution < 1.29 is 37.3 Å². The Morgan fingerprint density at radius 2 is 1.53 bits per heavy atom. The molecule has 0 unspecified atom stereocenters. The molecule has 322 valence electrons. The first kappa shape index (κ1) is 42.2. The Bertz CT molecular complexity index is 2440. The van der Waals surface area contributed by atoms with Crippen LogP contribution >= 0.6 is 22.7 Å². The highest BCUT2D eigenvalue weighted by molar-refractivity contribution is 7.17. The van der Waals surface area contributed by atoms with Crippen molar-refractivity contribution in [2.24, 2.45) is 0 Å². The van der Waals surface area contributed by atoms with E-state index >= 15 is 0 Å². The predicted octanol–water partition coefficient (Wildman–Crippen LogP) is 5.91. The Morgan fingerprint density at radius 3 is 2.27 bits per heavy atom. The number of alkyl halides is 2. The van der Waals surface area contributed by atoms with Gasteiger partial charge in [0.15, 0.2) is 17.7 Å². The number of nitrogens with zero attached hydrogens (tertiary/aromatic N) is 10. The zero-order valence-corrected chi connectivity index (χ0v) is 34.9. The molecular weight excluding hydrogens is 847 g/mol. The Labute approximate surface area is 361 Å². The van der Waals surface area contributed by atoms with Crippen molar-refractivity contribution >= 4 is 56.4 Å². The van der Waals surface area contributed by atoms with Crippen LogP contribution in [0.5, 0.6) is 16.1 Å². The molecule has 8 rings (SSSR count). The first-order valence-corrected chi connectivity index (χ1v) is 21.2. The first-order chi connectivity index (χ1) is 30.1. The Kier molecular flexibility index (Phi) is 13.2. The first-order valence-electron chi connectivity index (χ1n) is 19.6. The molecular formula is C40H40F2N12O6S2. The van der Waals surface area contributed by atoms with Gasteiger partial charge in [0.05, 0.1) is 31.8 Å². The maximum Gasteiger partial charge on any atom is 0.387 e. The monoisotopic (exact) mass is 886 g/mol. The second kappa shape index (κ2) is 19.5. The van der Waals surface area contributed by atoms with Gasteiger partial charge in [-0.25, -0.2) is 0 Å². The van der Waals surface area contributed by atoms with E-state index in [1.54, 1.807) is 18.3 Å². The summed E-state index contributed by atoms with van der Waals surface area (Å²) in [7, 11) is 0. The topological polar surface area (TPSA) is 205 Å². The highest BCUT2D eigenvalue weighted by atomic mass is 32.1. The summed E-state index contributed by atoms with van der Waals surface area (Å²) < 4.78 is 49.4. The van der Waals surface area contributed by atoms with Gasteiger partial charge >= 0.3 is 6.61 Å². The molecule has 0 spiro atoms. The largest absolute Gasteiger partial charge is 0.464 e. The zero-order chi connectivity index (χ0) is 43.0. The fraction of sp³-hybridized carbons (Fsp3) is 0.350. The van der Waals surface area contributed by atoms with Crippen LogP contribution in [0, 0.1) is 0 Å². The summed E-state index contributed by atoms with van der Waals surface area (Å²) in [4.78, 5) is 30.8. The molecule has 2 N–H and O–H groups in total. The summed E-state index contributed by atoms with van der Waals surface area (Å²) >= 11 is 2.19. The molecule has 0 bridgehead atoms. The van der Waals surface area contributed by atoms with Crippen molar-refractivity contribution in [2.45, 2.75) is 70.2 Å². The second-order valence-corrected chi connectivity index (χ2v) is 16.3. The van der Waals surface area contributed by atoms with Crippen molar-refractivity contribution in [3.8, 4) is 16.1 Å². The number of nitrogens with one attached hydrogen (secondary N) is 2. The normalized spacial score (nSPS) is 18.4. The number of halogens is 2. The van der Waals surface area contributed by atoms with Gasteiger partial charge in [0, 0.05) is 37.2 Å². The van der Waals surface area contributed by atoms with Crippen molar-refractivity contribution in [3.63, 3.8) is 0 Å². The van der Waals surface area contributed by atoms with Gasteiger partial charge in [-0.1, -0.05) is 52.7 Å². The molecule has 0 radical (unpaired) electrons. The highest BCUT2D eigenvalue weighted by Crippen LogP contribution is 2.33. The summed E-state index contributed by atoms with van der Waals surface area (Å²) in [6.45, 7) is 2.46. The van der Waals surface area contributed by atoms with E-state index in [0.29, 0.717) is 41.2 Å². The molecule has 18 nitrogen and oxygen atoms in total. The van der Waals surface area contributed by atoms with Crippen LogP contribution in [0.1, 0.15) is 55.4 Å². The van der Waals surface area contributed by atoms with Gasteiger partial charge in [-0.2, -0.15) is 19.0 Å². The molecule has 2 fully saturated rings. The van der Waals surface area contributed by atoms with Crippen LogP contribution in [-0.4, -0.2) is 97.1 Å². The SMILES string of the molecule is C[C@H](C(=O)Nc1nnc(O[C@@H]2C[C@@H](C)N(c3cc(CO[C@H](C(=O)Nc4nnc(O[C@@H]5CCN(c6cccnn6)C5)s4)c4cccc(OC(F)F)c4)cnn3)C2)s1)c1ccccc1. The molecule has 62 heavy (non-hydrogen) atoms. The van der Waals surface area contributed by atoms with Gasteiger partial charge in [0.25, 0.3) is 16.3 Å². The molecule has 4 aromatic heterocycles. The van der Waals surface area contributed by atoms with Crippen molar-refractivity contribution in [1.82, 2.24) is 40.8 Å². The number of carbonyl (C=O) groups excluding carboxylic acids is 2. The number of aromatic nitrogens is 8. The smallest absolute Gasteiger partial charge is 0.387 e. The van der Waals surface area contributed by atoms with Crippen LogP contribution < -0.4 is 34.6 Å². The molecule has 22 heteroatoms. The summed E-state index contributed by atoms with van der Waals surface area (Å²) in [5.41, 5.74) is 1.75. The standard InChI is InChI=1S/C40H40F2N12O6S2/c1-23-16-30(60-40-52-49-37(61-40)45-34(55)24(2)26-8-4-3-5-9-26)21-54(23)32-17-25(19-44-48-32)22-57-33(27-10-6-11-28(18-27)58-36(41)42)35(56)46-38-50-51-39(62-38)59-29-13-15-53(20-29)31-12-7-14-43-47-31/h3-12,14,17-19,23-24,29-30,33,36H,13,15-16,20-22H2,1-2H3,(H,45,49,55)(H,46,50,56)/t23-,24+,29-,30-,33+/m1/s1. The van der Waals surface area contributed by atoms with E-state index in [9.17, 15) is 18.4 Å². The quantitative estimate of drug-likeness (QED) is 0.109. The predicted molar refractivity (Wildman–Crippen MR) is 224 cm³/mol.